The Hall–Kier alpha value is -2.69. The van der Waals surface area contributed by atoms with E-state index in [1.165, 1.54) is 0 Å². The highest BCUT2D eigenvalue weighted by Gasteiger charge is 2.30. The third-order valence-corrected chi connectivity index (χ3v) is 4.88. The molecule has 1 saturated heterocycles. The SMILES string of the molecule is Cc1ccc(C(=O)N2CCC[C@@H](C(=O)N(C)Cc3cccnc3)C2)cc1. The summed E-state index contributed by atoms with van der Waals surface area (Å²) in [7, 11) is 1.82. The average molecular weight is 351 g/mol. The van der Waals surface area contributed by atoms with Gasteiger partial charge in [-0.3, -0.25) is 14.6 Å². The van der Waals surface area contributed by atoms with E-state index in [1.54, 1.807) is 17.3 Å². The lowest BCUT2D eigenvalue weighted by Gasteiger charge is -2.34. The molecule has 0 radical (unpaired) electrons. The van der Waals surface area contributed by atoms with E-state index in [2.05, 4.69) is 4.98 Å². The van der Waals surface area contributed by atoms with Crippen molar-refractivity contribution in [3.05, 3.63) is 65.5 Å². The number of nitrogens with zero attached hydrogens (tertiary/aromatic N) is 3. The standard InChI is InChI=1S/C21H25N3O2/c1-16-7-9-18(10-8-16)21(26)24-12-4-6-19(15-24)20(25)23(2)14-17-5-3-11-22-13-17/h3,5,7-11,13,19H,4,6,12,14-15H2,1-2H3/t19-/m1/s1. The first-order valence-corrected chi connectivity index (χ1v) is 9.04. The summed E-state index contributed by atoms with van der Waals surface area (Å²) in [6.07, 6.45) is 5.18. The van der Waals surface area contributed by atoms with E-state index >= 15 is 0 Å². The van der Waals surface area contributed by atoms with Crippen molar-refractivity contribution in [3.63, 3.8) is 0 Å². The van der Waals surface area contributed by atoms with Crippen molar-refractivity contribution in [1.82, 2.24) is 14.8 Å². The molecule has 0 saturated carbocycles. The highest BCUT2D eigenvalue weighted by molar-refractivity contribution is 5.94. The number of hydrogen-bond donors (Lipinski definition) is 0. The molecule has 136 valence electrons. The van der Waals surface area contributed by atoms with Gasteiger partial charge in [-0.15, -0.1) is 0 Å². The Morgan fingerprint density at radius 2 is 2.00 bits per heavy atom. The van der Waals surface area contributed by atoms with Gasteiger partial charge in [-0.1, -0.05) is 23.8 Å². The van der Waals surface area contributed by atoms with Gasteiger partial charge in [0.25, 0.3) is 5.91 Å². The summed E-state index contributed by atoms with van der Waals surface area (Å²) in [6, 6.07) is 11.4. The zero-order valence-corrected chi connectivity index (χ0v) is 15.4. The number of carbonyl (C=O) groups is 2. The maximum Gasteiger partial charge on any atom is 0.253 e. The predicted molar refractivity (Wildman–Crippen MR) is 101 cm³/mol. The molecule has 26 heavy (non-hydrogen) atoms. The zero-order chi connectivity index (χ0) is 18.5. The number of pyridine rings is 1. The van der Waals surface area contributed by atoms with Gasteiger partial charge in [0.1, 0.15) is 0 Å². The second-order valence-electron chi connectivity index (χ2n) is 7.01. The number of amides is 2. The molecule has 1 aliphatic rings. The van der Waals surface area contributed by atoms with Crippen LogP contribution in [0.4, 0.5) is 0 Å². The maximum absolute atomic E-state index is 12.8. The first-order chi connectivity index (χ1) is 12.5. The molecule has 2 amide bonds. The summed E-state index contributed by atoms with van der Waals surface area (Å²) in [6.45, 7) is 3.74. The van der Waals surface area contributed by atoms with Crippen molar-refractivity contribution in [2.24, 2.45) is 5.92 Å². The molecule has 1 aromatic carbocycles. The average Bonchev–Trinajstić information content (AvgIpc) is 2.68. The molecule has 0 bridgehead atoms. The predicted octanol–water partition coefficient (Wildman–Crippen LogP) is 2.90. The third kappa shape index (κ3) is 4.28. The fraction of sp³-hybridized carbons (Fsp3) is 0.381. The molecule has 2 aromatic rings. The summed E-state index contributed by atoms with van der Waals surface area (Å²) in [5.41, 5.74) is 2.82. The minimum Gasteiger partial charge on any atom is -0.341 e. The van der Waals surface area contributed by atoms with Crippen LogP contribution in [0, 0.1) is 12.8 Å². The number of carbonyl (C=O) groups excluding carboxylic acids is 2. The molecular weight excluding hydrogens is 326 g/mol. The van der Waals surface area contributed by atoms with Crippen LogP contribution < -0.4 is 0 Å². The van der Waals surface area contributed by atoms with Gasteiger partial charge in [0.15, 0.2) is 0 Å². The second-order valence-corrected chi connectivity index (χ2v) is 7.01. The molecule has 1 aromatic heterocycles. The van der Waals surface area contributed by atoms with Gasteiger partial charge in [-0.25, -0.2) is 0 Å². The first kappa shape index (κ1) is 18.1. The zero-order valence-electron chi connectivity index (χ0n) is 15.4. The minimum atomic E-state index is -0.139. The second kappa shape index (κ2) is 8.13. The topological polar surface area (TPSA) is 53.5 Å². The van der Waals surface area contributed by atoms with Crippen LogP contribution in [-0.4, -0.2) is 46.7 Å². The van der Waals surface area contributed by atoms with Gasteiger partial charge in [0.05, 0.1) is 5.92 Å². The van der Waals surface area contributed by atoms with Crippen molar-refractivity contribution < 1.29 is 9.59 Å². The Bertz CT molecular complexity index is 759. The smallest absolute Gasteiger partial charge is 0.253 e. The van der Waals surface area contributed by atoms with Crippen LogP contribution in [0.15, 0.2) is 48.8 Å². The fourth-order valence-electron chi connectivity index (χ4n) is 3.40. The van der Waals surface area contributed by atoms with Crippen LogP contribution in [-0.2, 0) is 11.3 Å². The van der Waals surface area contributed by atoms with Crippen molar-refractivity contribution in [2.45, 2.75) is 26.3 Å². The first-order valence-electron chi connectivity index (χ1n) is 9.04. The summed E-state index contributed by atoms with van der Waals surface area (Å²) < 4.78 is 0. The summed E-state index contributed by atoms with van der Waals surface area (Å²) in [4.78, 5) is 33.2. The van der Waals surface area contributed by atoms with E-state index in [9.17, 15) is 9.59 Å². The summed E-state index contributed by atoms with van der Waals surface area (Å²) in [5, 5.41) is 0. The van der Waals surface area contributed by atoms with E-state index in [0.717, 1.165) is 24.0 Å². The molecule has 5 nitrogen and oxygen atoms in total. The minimum absolute atomic E-state index is 0.0115. The van der Waals surface area contributed by atoms with Gasteiger partial charge in [-0.05, 0) is 43.5 Å². The molecule has 5 heteroatoms. The monoisotopic (exact) mass is 351 g/mol. The van der Waals surface area contributed by atoms with E-state index in [-0.39, 0.29) is 17.7 Å². The van der Waals surface area contributed by atoms with Gasteiger partial charge >= 0.3 is 0 Å². The molecule has 1 aliphatic heterocycles. The Kier molecular flexibility index (Phi) is 5.66. The van der Waals surface area contributed by atoms with Crippen molar-refractivity contribution in [1.29, 1.82) is 0 Å². The van der Waals surface area contributed by atoms with Crippen LogP contribution in [0.25, 0.3) is 0 Å². The van der Waals surface area contributed by atoms with E-state index < -0.39 is 0 Å². The molecule has 0 N–H and O–H groups in total. The van der Waals surface area contributed by atoms with Crippen LogP contribution in [0.3, 0.4) is 0 Å². The van der Waals surface area contributed by atoms with Crippen molar-refractivity contribution in [3.8, 4) is 0 Å². The molecule has 2 heterocycles. The Labute approximate surface area is 154 Å². The normalized spacial score (nSPS) is 17.0. The molecule has 0 aliphatic carbocycles. The third-order valence-electron chi connectivity index (χ3n) is 4.88. The lowest BCUT2D eigenvalue weighted by atomic mass is 9.95. The van der Waals surface area contributed by atoms with Crippen LogP contribution in [0.5, 0.6) is 0 Å². The van der Waals surface area contributed by atoms with Gasteiger partial charge < -0.3 is 9.80 Å². The maximum atomic E-state index is 12.8. The number of benzene rings is 1. The summed E-state index contributed by atoms with van der Waals surface area (Å²) in [5.74, 6) is -0.0347. The number of piperidine rings is 1. The Morgan fingerprint density at radius 1 is 1.23 bits per heavy atom. The lowest BCUT2D eigenvalue weighted by Crippen LogP contribution is -2.45. The van der Waals surface area contributed by atoms with Crippen LogP contribution in [0.2, 0.25) is 0 Å². The number of hydrogen-bond acceptors (Lipinski definition) is 3. The van der Waals surface area contributed by atoms with E-state index in [0.29, 0.717) is 25.2 Å². The highest BCUT2D eigenvalue weighted by Crippen LogP contribution is 2.21. The van der Waals surface area contributed by atoms with Gasteiger partial charge in [0, 0.05) is 44.6 Å². The van der Waals surface area contributed by atoms with Gasteiger partial charge in [0.2, 0.25) is 5.91 Å². The number of aryl methyl sites for hydroxylation is 1. The lowest BCUT2D eigenvalue weighted by molar-refractivity contribution is -0.136. The Morgan fingerprint density at radius 3 is 2.69 bits per heavy atom. The van der Waals surface area contributed by atoms with Crippen molar-refractivity contribution in [2.75, 3.05) is 20.1 Å². The molecule has 1 fully saturated rings. The molecule has 1 atom stereocenters. The molecule has 0 spiro atoms. The number of aromatic nitrogens is 1. The number of rotatable bonds is 4. The number of likely N-dealkylation sites (tertiary alicyclic amines) is 1. The molecule has 0 unspecified atom stereocenters. The van der Waals surface area contributed by atoms with Gasteiger partial charge in [-0.2, -0.15) is 0 Å². The fourth-order valence-corrected chi connectivity index (χ4v) is 3.40. The van der Waals surface area contributed by atoms with Crippen LogP contribution in [0.1, 0.15) is 34.3 Å². The van der Waals surface area contributed by atoms with Crippen LogP contribution >= 0.6 is 0 Å². The summed E-state index contributed by atoms with van der Waals surface area (Å²) >= 11 is 0. The van der Waals surface area contributed by atoms with Crippen molar-refractivity contribution >= 4 is 11.8 Å². The molecular formula is C21H25N3O2. The largest absolute Gasteiger partial charge is 0.341 e. The van der Waals surface area contributed by atoms with E-state index in [4.69, 9.17) is 0 Å². The quantitative estimate of drug-likeness (QED) is 0.851. The molecule has 3 rings (SSSR count). The Balaban J connectivity index is 1.63. The van der Waals surface area contributed by atoms with E-state index in [1.807, 2.05) is 55.3 Å². The highest BCUT2D eigenvalue weighted by atomic mass is 16.2.